The van der Waals surface area contributed by atoms with Crippen molar-refractivity contribution in [2.75, 3.05) is 7.11 Å². The van der Waals surface area contributed by atoms with Crippen LogP contribution in [0.4, 0.5) is 4.79 Å². The first-order chi connectivity index (χ1) is 14.6. The standard InChI is InChI=1S/C22H18N4O3S/c1-29-15-3-4-17-16(10-15)14(11-23-17)6-7-26-12-24-18-8-13(2-5-19(18)26)9-20-21(27)25-22(28)30-20/h2-5,8-12,23H,6-7H2,1H3,(H,25,27,28)/b20-9-. The predicted octanol–water partition coefficient (Wildman–Crippen LogP) is 4.09. The van der Waals surface area contributed by atoms with Crippen molar-refractivity contribution in [2.24, 2.45) is 0 Å². The van der Waals surface area contributed by atoms with Crippen LogP contribution < -0.4 is 10.1 Å². The van der Waals surface area contributed by atoms with E-state index in [4.69, 9.17) is 4.74 Å². The molecule has 2 amide bonds. The minimum Gasteiger partial charge on any atom is -0.497 e. The van der Waals surface area contributed by atoms with E-state index in [0.29, 0.717) is 4.91 Å². The third kappa shape index (κ3) is 3.35. The second-order valence-electron chi connectivity index (χ2n) is 7.01. The fourth-order valence-corrected chi connectivity index (χ4v) is 4.34. The molecule has 2 aromatic heterocycles. The molecular weight excluding hydrogens is 400 g/mol. The van der Waals surface area contributed by atoms with Crippen molar-refractivity contribution < 1.29 is 14.3 Å². The number of ether oxygens (including phenoxy) is 1. The molecular formula is C22H18N4O3S. The van der Waals surface area contributed by atoms with Crippen molar-refractivity contribution in [1.29, 1.82) is 0 Å². The maximum atomic E-state index is 11.7. The molecule has 3 heterocycles. The largest absolute Gasteiger partial charge is 0.497 e. The molecule has 4 aromatic rings. The molecule has 0 saturated carbocycles. The number of amides is 2. The van der Waals surface area contributed by atoms with Crippen molar-refractivity contribution >= 4 is 50.9 Å². The Balaban J connectivity index is 1.38. The van der Waals surface area contributed by atoms with Gasteiger partial charge in [0, 0.05) is 23.6 Å². The molecule has 30 heavy (non-hydrogen) atoms. The molecule has 0 bridgehead atoms. The summed E-state index contributed by atoms with van der Waals surface area (Å²) >= 11 is 0.913. The lowest BCUT2D eigenvalue weighted by molar-refractivity contribution is -0.115. The lowest BCUT2D eigenvalue weighted by atomic mass is 10.1. The maximum absolute atomic E-state index is 11.7. The van der Waals surface area contributed by atoms with E-state index < -0.39 is 0 Å². The zero-order valence-corrected chi connectivity index (χ0v) is 17.0. The molecule has 5 rings (SSSR count). The molecule has 2 aromatic carbocycles. The summed E-state index contributed by atoms with van der Waals surface area (Å²) in [6.45, 7) is 0.786. The summed E-state index contributed by atoms with van der Waals surface area (Å²) in [6.07, 6.45) is 6.43. The SMILES string of the molecule is COc1ccc2[nH]cc(CCn3cnc4cc(/C=C5\SC(=O)NC5=O)ccc43)c2c1. The fourth-order valence-electron chi connectivity index (χ4n) is 3.65. The molecule has 1 saturated heterocycles. The Hall–Kier alpha value is -3.52. The molecule has 1 aliphatic heterocycles. The monoisotopic (exact) mass is 418 g/mol. The van der Waals surface area contributed by atoms with E-state index in [1.54, 1.807) is 13.2 Å². The Bertz CT molecular complexity index is 1330. The average Bonchev–Trinajstić information content (AvgIpc) is 3.42. The maximum Gasteiger partial charge on any atom is 0.290 e. The number of rotatable bonds is 5. The number of imide groups is 1. The van der Waals surface area contributed by atoms with E-state index >= 15 is 0 Å². The molecule has 150 valence electrons. The number of methoxy groups -OCH3 is 1. The topological polar surface area (TPSA) is 89.0 Å². The molecule has 0 atom stereocenters. The first-order valence-electron chi connectivity index (χ1n) is 9.44. The van der Waals surface area contributed by atoms with Crippen LogP contribution in [0.1, 0.15) is 11.1 Å². The predicted molar refractivity (Wildman–Crippen MR) is 117 cm³/mol. The molecule has 0 spiro atoms. The van der Waals surface area contributed by atoms with Gasteiger partial charge >= 0.3 is 0 Å². The zero-order valence-electron chi connectivity index (χ0n) is 16.1. The number of nitrogens with one attached hydrogen (secondary N) is 2. The number of hydrogen-bond donors (Lipinski definition) is 2. The lowest BCUT2D eigenvalue weighted by Gasteiger charge is -2.05. The first kappa shape index (κ1) is 18.5. The number of hydrogen-bond acceptors (Lipinski definition) is 5. The van der Waals surface area contributed by atoms with Crippen LogP contribution >= 0.6 is 11.8 Å². The Morgan fingerprint density at radius 2 is 2.10 bits per heavy atom. The normalized spacial score (nSPS) is 15.4. The highest BCUT2D eigenvalue weighted by molar-refractivity contribution is 8.18. The molecule has 0 aliphatic carbocycles. The molecule has 1 fully saturated rings. The van der Waals surface area contributed by atoms with E-state index in [1.165, 1.54) is 5.56 Å². The quantitative estimate of drug-likeness (QED) is 0.477. The van der Waals surface area contributed by atoms with Gasteiger partial charge in [0.15, 0.2) is 0 Å². The van der Waals surface area contributed by atoms with Gasteiger partial charge in [-0.2, -0.15) is 0 Å². The van der Waals surface area contributed by atoms with Crippen LogP contribution in [0.3, 0.4) is 0 Å². The number of fused-ring (bicyclic) bond motifs is 2. The van der Waals surface area contributed by atoms with Gasteiger partial charge in [-0.1, -0.05) is 6.07 Å². The van der Waals surface area contributed by atoms with E-state index in [-0.39, 0.29) is 11.1 Å². The van der Waals surface area contributed by atoms with E-state index in [9.17, 15) is 9.59 Å². The smallest absolute Gasteiger partial charge is 0.290 e. The van der Waals surface area contributed by atoms with Crippen molar-refractivity contribution in [3.05, 3.63) is 65.0 Å². The van der Waals surface area contributed by atoms with Crippen LogP contribution in [0.15, 0.2) is 53.8 Å². The zero-order chi connectivity index (χ0) is 20.7. The number of nitrogens with zero attached hydrogens (tertiary/aromatic N) is 2. The highest BCUT2D eigenvalue weighted by Crippen LogP contribution is 2.27. The van der Waals surface area contributed by atoms with Gasteiger partial charge in [-0.05, 0) is 65.7 Å². The molecule has 0 unspecified atom stereocenters. The number of aromatic nitrogens is 3. The van der Waals surface area contributed by atoms with E-state index in [2.05, 4.69) is 25.9 Å². The highest BCUT2D eigenvalue weighted by atomic mass is 32.2. The van der Waals surface area contributed by atoms with Crippen molar-refractivity contribution in [3.8, 4) is 5.75 Å². The number of benzene rings is 2. The summed E-state index contributed by atoms with van der Waals surface area (Å²) in [6, 6.07) is 11.9. The third-order valence-electron chi connectivity index (χ3n) is 5.18. The first-order valence-corrected chi connectivity index (χ1v) is 10.3. The summed E-state index contributed by atoms with van der Waals surface area (Å²) < 4.78 is 7.46. The summed E-state index contributed by atoms with van der Waals surface area (Å²) in [5.41, 5.74) is 5.02. The van der Waals surface area contributed by atoms with Gasteiger partial charge in [-0.3, -0.25) is 14.9 Å². The number of imidazole rings is 1. The summed E-state index contributed by atoms with van der Waals surface area (Å²) in [5.74, 6) is 0.486. The Morgan fingerprint density at radius 3 is 2.90 bits per heavy atom. The Labute approximate surface area is 176 Å². The van der Waals surface area contributed by atoms with Gasteiger partial charge in [0.1, 0.15) is 5.75 Å². The summed E-state index contributed by atoms with van der Waals surface area (Å²) in [4.78, 5) is 31.3. The second kappa shape index (κ2) is 7.38. The van der Waals surface area contributed by atoms with Gasteiger partial charge in [-0.25, -0.2) is 4.98 Å². The highest BCUT2D eigenvalue weighted by Gasteiger charge is 2.24. The van der Waals surface area contributed by atoms with Crippen molar-refractivity contribution in [2.45, 2.75) is 13.0 Å². The third-order valence-corrected chi connectivity index (χ3v) is 5.99. The summed E-state index contributed by atoms with van der Waals surface area (Å²) in [7, 11) is 1.67. The minimum absolute atomic E-state index is 0.341. The number of aryl methyl sites for hydroxylation is 2. The molecule has 8 heteroatoms. The number of carbonyl (C=O) groups excluding carboxylic acids is 2. The second-order valence-corrected chi connectivity index (χ2v) is 8.03. The van der Waals surface area contributed by atoms with Crippen LogP contribution in [-0.4, -0.2) is 32.8 Å². The van der Waals surface area contributed by atoms with Gasteiger partial charge in [0.05, 0.1) is 29.4 Å². The summed E-state index contributed by atoms with van der Waals surface area (Å²) in [5, 5.41) is 3.09. The number of carbonyl (C=O) groups is 2. The minimum atomic E-state index is -0.356. The van der Waals surface area contributed by atoms with Crippen LogP contribution in [0, 0.1) is 0 Å². The molecule has 1 aliphatic rings. The Kier molecular flexibility index (Phi) is 4.55. The van der Waals surface area contributed by atoms with Crippen LogP contribution in [-0.2, 0) is 17.8 Å². The fraction of sp³-hybridized carbons (Fsp3) is 0.136. The van der Waals surface area contributed by atoms with Gasteiger partial charge in [0.25, 0.3) is 11.1 Å². The molecule has 0 radical (unpaired) electrons. The average molecular weight is 418 g/mol. The van der Waals surface area contributed by atoms with E-state index in [0.717, 1.165) is 58.0 Å². The van der Waals surface area contributed by atoms with Crippen LogP contribution in [0.25, 0.3) is 28.0 Å². The van der Waals surface area contributed by atoms with E-state index in [1.807, 2.05) is 42.9 Å². The van der Waals surface area contributed by atoms with Crippen molar-refractivity contribution in [1.82, 2.24) is 19.9 Å². The van der Waals surface area contributed by atoms with Gasteiger partial charge in [0.2, 0.25) is 0 Å². The number of aromatic amines is 1. The molecule has 7 nitrogen and oxygen atoms in total. The molecule has 2 N–H and O–H groups in total. The van der Waals surface area contributed by atoms with Gasteiger partial charge < -0.3 is 14.3 Å². The van der Waals surface area contributed by atoms with Crippen LogP contribution in [0.2, 0.25) is 0 Å². The van der Waals surface area contributed by atoms with Crippen LogP contribution in [0.5, 0.6) is 5.75 Å². The number of thioether (sulfide) groups is 1. The lowest BCUT2D eigenvalue weighted by Crippen LogP contribution is -2.17. The Morgan fingerprint density at radius 1 is 1.20 bits per heavy atom. The number of H-pyrrole nitrogens is 1. The van der Waals surface area contributed by atoms with Crippen molar-refractivity contribution in [3.63, 3.8) is 0 Å². The van der Waals surface area contributed by atoms with Gasteiger partial charge in [-0.15, -0.1) is 0 Å².